The fraction of sp³-hybridized carbons (Fsp3) is 0.333. The van der Waals surface area contributed by atoms with E-state index in [0.717, 1.165) is 41.5 Å². The Balaban J connectivity index is 1.76. The summed E-state index contributed by atoms with van der Waals surface area (Å²) >= 11 is 3.47. The lowest BCUT2D eigenvalue weighted by molar-refractivity contribution is -0.122. The van der Waals surface area contributed by atoms with Crippen LogP contribution in [0.15, 0.2) is 68.4 Å². The predicted molar refractivity (Wildman–Crippen MR) is 133 cm³/mol. The van der Waals surface area contributed by atoms with Crippen molar-refractivity contribution in [2.75, 3.05) is 19.7 Å². The SMILES string of the molecule is CCCN(CCC)Cn1c(O)c(N=NC(=O)CON=Cc2ccccc2)c2cc(Br)ccc21. The van der Waals surface area contributed by atoms with E-state index in [9.17, 15) is 9.90 Å². The van der Waals surface area contributed by atoms with Gasteiger partial charge in [0.2, 0.25) is 5.88 Å². The zero-order chi connectivity index (χ0) is 23.6. The monoisotopic (exact) mass is 513 g/mol. The number of oxime groups is 1. The number of amides is 1. The maximum absolute atomic E-state index is 12.1. The molecule has 1 aromatic heterocycles. The Morgan fingerprint density at radius 1 is 1.15 bits per heavy atom. The predicted octanol–water partition coefficient (Wildman–Crippen LogP) is 5.85. The minimum atomic E-state index is -0.603. The highest BCUT2D eigenvalue weighted by molar-refractivity contribution is 9.10. The lowest BCUT2D eigenvalue weighted by atomic mass is 10.2. The number of nitrogens with zero attached hydrogens (tertiary/aromatic N) is 5. The van der Waals surface area contributed by atoms with Crippen LogP contribution in [0.4, 0.5) is 5.69 Å². The number of hydrogen-bond donors (Lipinski definition) is 1. The van der Waals surface area contributed by atoms with Gasteiger partial charge in [-0.05, 0) is 49.7 Å². The van der Waals surface area contributed by atoms with E-state index in [2.05, 4.69) is 50.1 Å². The quantitative estimate of drug-likeness (QED) is 0.197. The van der Waals surface area contributed by atoms with E-state index in [1.807, 2.05) is 48.5 Å². The molecule has 3 aromatic rings. The topological polar surface area (TPSA) is 91.8 Å². The van der Waals surface area contributed by atoms with Crippen LogP contribution in [0, 0.1) is 0 Å². The van der Waals surface area contributed by atoms with Crippen molar-refractivity contribution in [3.05, 3.63) is 58.6 Å². The molecule has 174 valence electrons. The standard InChI is InChI=1S/C24H28BrN5O3/c1-3-12-29(13-4-2)17-30-21-11-10-19(25)14-20(21)23(24(30)32)28-27-22(31)16-33-26-15-18-8-6-5-7-9-18/h5-11,14-15,32H,3-4,12-13,16-17H2,1-2H3. The van der Waals surface area contributed by atoms with Gasteiger partial charge >= 0.3 is 5.91 Å². The smallest absolute Gasteiger partial charge is 0.304 e. The van der Waals surface area contributed by atoms with Crippen molar-refractivity contribution >= 4 is 44.6 Å². The summed E-state index contributed by atoms with van der Waals surface area (Å²) in [5.74, 6) is -0.631. The van der Waals surface area contributed by atoms with Crippen LogP contribution in [-0.2, 0) is 16.3 Å². The van der Waals surface area contributed by atoms with Crippen molar-refractivity contribution in [3.63, 3.8) is 0 Å². The fourth-order valence-corrected chi connectivity index (χ4v) is 3.85. The molecule has 0 saturated carbocycles. The molecule has 0 saturated heterocycles. The van der Waals surface area contributed by atoms with Crippen LogP contribution in [0.1, 0.15) is 32.3 Å². The van der Waals surface area contributed by atoms with Crippen molar-refractivity contribution in [2.45, 2.75) is 33.4 Å². The number of fused-ring (bicyclic) bond motifs is 1. The van der Waals surface area contributed by atoms with Crippen molar-refractivity contribution in [1.82, 2.24) is 9.47 Å². The van der Waals surface area contributed by atoms with Crippen LogP contribution < -0.4 is 0 Å². The number of aromatic hydroxyl groups is 1. The molecule has 0 spiro atoms. The van der Waals surface area contributed by atoms with Crippen LogP contribution in [0.25, 0.3) is 10.9 Å². The Bertz CT molecular complexity index is 1120. The average Bonchev–Trinajstić information content (AvgIpc) is 3.06. The van der Waals surface area contributed by atoms with Crippen LogP contribution in [0.3, 0.4) is 0 Å². The van der Waals surface area contributed by atoms with Gasteiger partial charge in [0.15, 0.2) is 12.3 Å². The van der Waals surface area contributed by atoms with Gasteiger partial charge in [-0.25, -0.2) is 0 Å². The van der Waals surface area contributed by atoms with Gasteiger partial charge in [-0.15, -0.1) is 10.2 Å². The normalized spacial score (nSPS) is 11.9. The van der Waals surface area contributed by atoms with E-state index >= 15 is 0 Å². The van der Waals surface area contributed by atoms with Crippen LogP contribution in [-0.4, -0.2) is 46.4 Å². The second kappa shape index (κ2) is 12.3. The highest BCUT2D eigenvalue weighted by atomic mass is 79.9. The molecule has 9 heteroatoms. The minimum absolute atomic E-state index is 0.0279. The number of hydrogen-bond acceptors (Lipinski definition) is 6. The lowest BCUT2D eigenvalue weighted by Crippen LogP contribution is -2.27. The summed E-state index contributed by atoms with van der Waals surface area (Å²) < 4.78 is 2.64. The Hall–Kier alpha value is -3.04. The molecule has 0 atom stereocenters. The van der Waals surface area contributed by atoms with Gasteiger partial charge in [-0.3, -0.25) is 14.3 Å². The number of azo groups is 1. The van der Waals surface area contributed by atoms with Gasteiger partial charge in [0.1, 0.15) is 0 Å². The van der Waals surface area contributed by atoms with Crippen molar-refractivity contribution < 1.29 is 14.7 Å². The highest BCUT2D eigenvalue weighted by Crippen LogP contribution is 2.40. The van der Waals surface area contributed by atoms with Gasteiger partial charge in [-0.1, -0.05) is 65.3 Å². The first-order valence-electron chi connectivity index (χ1n) is 10.9. The molecule has 0 fully saturated rings. The number of aromatic nitrogens is 1. The number of benzene rings is 2. The van der Waals surface area contributed by atoms with Crippen molar-refractivity contribution in [3.8, 4) is 5.88 Å². The molecule has 33 heavy (non-hydrogen) atoms. The molecular formula is C24H28BrN5O3. The number of carbonyl (C=O) groups is 1. The Morgan fingerprint density at radius 2 is 1.88 bits per heavy atom. The zero-order valence-electron chi connectivity index (χ0n) is 18.8. The molecule has 0 aliphatic carbocycles. The molecule has 0 aliphatic heterocycles. The first kappa shape index (κ1) is 24.6. The third-order valence-corrected chi connectivity index (χ3v) is 5.41. The summed E-state index contributed by atoms with van der Waals surface area (Å²) in [6, 6.07) is 15.1. The van der Waals surface area contributed by atoms with Crippen LogP contribution in [0.5, 0.6) is 5.88 Å². The first-order chi connectivity index (χ1) is 16.0. The number of halogens is 1. The van der Waals surface area contributed by atoms with E-state index in [1.54, 1.807) is 4.57 Å². The fourth-order valence-electron chi connectivity index (χ4n) is 3.49. The van der Waals surface area contributed by atoms with E-state index in [0.29, 0.717) is 12.1 Å². The van der Waals surface area contributed by atoms with E-state index < -0.39 is 5.91 Å². The summed E-state index contributed by atoms with van der Waals surface area (Å²) in [4.78, 5) is 19.4. The summed E-state index contributed by atoms with van der Waals surface area (Å²) in [6.07, 6.45) is 3.54. The Morgan fingerprint density at radius 3 is 2.58 bits per heavy atom. The number of rotatable bonds is 11. The van der Waals surface area contributed by atoms with E-state index in [-0.39, 0.29) is 18.2 Å². The molecule has 2 aromatic carbocycles. The summed E-state index contributed by atoms with van der Waals surface area (Å²) in [6.45, 7) is 6.26. The van der Waals surface area contributed by atoms with Gasteiger partial charge in [-0.2, -0.15) is 0 Å². The highest BCUT2D eigenvalue weighted by Gasteiger charge is 2.19. The lowest BCUT2D eigenvalue weighted by Gasteiger charge is -2.22. The maximum atomic E-state index is 12.1. The van der Waals surface area contributed by atoms with Crippen LogP contribution >= 0.6 is 15.9 Å². The first-order valence-corrected chi connectivity index (χ1v) is 11.7. The molecule has 0 aliphatic rings. The van der Waals surface area contributed by atoms with Crippen molar-refractivity contribution in [1.29, 1.82) is 0 Å². The molecule has 1 amide bonds. The molecule has 0 unspecified atom stereocenters. The zero-order valence-corrected chi connectivity index (χ0v) is 20.4. The summed E-state index contributed by atoms with van der Waals surface area (Å²) in [5, 5.41) is 23.2. The van der Waals surface area contributed by atoms with Crippen molar-refractivity contribution in [2.24, 2.45) is 15.4 Å². The van der Waals surface area contributed by atoms with Gasteiger partial charge in [0.05, 0.1) is 18.4 Å². The number of carbonyl (C=O) groups excluding carboxylic acids is 1. The largest absolute Gasteiger partial charge is 0.493 e. The molecule has 8 nitrogen and oxygen atoms in total. The van der Waals surface area contributed by atoms with Crippen LogP contribution in [0.2, 0.25) is 0 Å². The molecule has 0 bridgehead atoms. The average molecular weight is 514 g/mol. The van der Waals surface area contributed by atoms with Gasteiger partial charge in [0, 0.05) is 9.86 Å². The molecule has 0 radical (unpaired) electrons. The van der Waals surface area contributed by atoms with Gasteiger partial charge in [0.25, 0.3) is 0 Å². The van der Waals surface area contributed by atoms with Gasteiger partial charge < -0.3 is 9.94 Å². The molecule has 3 rings (SSSR count). The summed E-state index contributed by atoms with van der Waals surface area (Å²) in [7, 11) is 0. The third-order valence-electron chi connectivity index (χ3n) is 4.92. The van der Waals surface area contributed by atoms with E-state index in [1.165, 1.54) is 6.21 Å². The second-order valence-electron chi connectivity index (χ2n) is 7.53. The maximum Gasteiger partial charge on any atom is 0.304 e. The van der Waals surface area contributed by atoms with E-state index in [4.69, 9.17) is 4.84 Å². The molecule has 1 heterocycles. The Labute approximate surface area is 201 Å². The summed E-state index contributed by atoms with van der Waals surface area (Å²) in [5.41, 5.74) is 1.92. The third kappa shape index (κ3) is 6.72. The minimum Gasteiger partial charge on any atom is -0.493 e. The second-order valence-corrected chi connectivity index (χ2v) is 8.45. The molecule has 1 N–H and O–H groups in total. The Kier molecular flexibility index (Phi) is 9.14. The molecular weight excluding hydrogens is 486 g/mol.